The summed E-state index contributed by atoms with van der Waals surface area (Å²) in [6, 6.07) is 0.311. The number of piperidine rings is 1. The van der Waals surface area contributed by atoms with Gasteiger partial charge in [-0.1, -0.05) is 0 Å². The van der Waals surface area contributed by atoms with Crippen molar-refractivity contribution in [1.82, 2.24) is 29.3 Å². The summed E-state index contributed by atoms with van der Waals surface area (Å²) in [5, 5.41) is 9.12. The number of aromatic nitrogens is 4. The number of carbonyl (C=O) groups excluding carboxylic acids is 1. The molecule has 2 fully saturated rings. The van der Waals surface area contributed by atoms with Crippen LogP contribution in [0.3, 0.4) is 0 Å². The molecule has 0 atom stereocenters. The van der Waals surface area contributed by atoms with E-state index in [0.717, 1.165) is 18.7 Å². The molecule has 2 aromatic heterocycles. The molecule has 0 radical (unpaired) electrons. The van der Waals surface area contributed by atoms with Gasteiger partial charge >= 0.3 is 6.09 Å². The maximum Gasteiger partial charge on any atom is 0.407 e. The quantitative estimate of drug-likeness (QED) is 0.879. The Labute approximate surface area is 156 Å². The highest BCUT2D eigenvalue weighted by atomic mass is 16.4. The third-order valence-corrected chi connectivity index (χ3v) is 5.23. The van der Waals surface area contributed by atoms with Gasteiger partial charge in [-0.15, -0.1) is 0 Å². The van der Waals surface area contributed by atoms with Crippen LogP contribution in [0, 0.1) is 6.92 Å². The topological polar surface area (TPSA) is 104 Å². The number of aryl methyl sites for hydroxylation is 1. The van der Waals surface area contributed by atoms with Crippen LogP contribution >= 0.6 is 0 Å². The minimum absolute atomic E-state index is 0.0659. The van der Waals surface area contributed by atoms with Crippen molar-refractivity contribution in [1.29, 1.82) is 0 Å². The van der Waals surface area contributed by atoms with E-state index in [4.69, 9.17) is 5.11 Å². The molecular formula is C18H22N6O3. The van der Waals surface area contributed by atoms with E-state index in [2.05, 4.69) is 15.0 Å². The summed E-state index contributed by atoms with van der Waals surface area (Å²) in [4.78, 5) is 40.4. The fourth-order valence-electron chi connectivity index (χ4n) is 3.61. The van der Waals surface area contributed by atoms with Gasteiger partial charge in [0.1, 0.15) is 5.82 Å². The van der Waals surface area contributed by atoms with E-state index in [9.17, 15) is 9.59 Å². The molecule has 2 amide bonds. The first-order valence-electron chi connectivity index (χ1n) is 9.17. The normalized spacial score (nSPS) is 17.7. The van der Waals surface area contributed by atoms with Gasteiger partial charge < -0.3 is 14.9 Å². The van der Waals surface area contributed by atoms with E-state index < -0.39 is 6.09 Å². The average molecular weight is 370 g/mol. The number of carbonyl (C=O) groups is 2. The Bertz CT molecular complexity index is 837. The number of carboxylic acid groups (broad SMARTS) is 1. The lowest BCUT2D eigenvalue weighted by atomic mass is 10.0. The first kappa shape index (κ1) is 17.4. The molecule has 0 spiro atoms. The Balaban J connectivity index is 1.50. The van der Waals surface area contributed by atoms with E-state index in [-0.39, 0.29) is 18.0 Å². The monoisotopic (exact) mass is 370 g/mol. The first-order valence-corrected chi connectivity index (χ1v) is 9.17. The highest BCUT2D eigenvalue weighted by Crippen LogP contribution is 2.33. The number of rotatable bonds is 4. The smallest absolute Gasteiger partial charge is 0.407 e. The molecule has 1 aliphatic heterocycles. The Morgan fingerprint density at radius 1 is 1.07 bits per heavy atom. The Hall–Kier alpha value is -2.97. The van der Waals surface area contributed by atoms with Crippen molar-refractivity contribution in [3.63, 3.8) is 0 Å². The van der Waals surface area contributed by atoms with Crippen LogP contribution < -0.4 is 0 Å². The first-order chi connectivity index (χ1) is 13.0. The second-order valence-corrected chi connectivity index (χ2v) is 7.06. The average Bonchev–Trinajstić information content (AvgIpc) is 3.42. The molecule has 142 valence electrons. The number of nitrogens with zero attached hydrogens (tertiary/aromatic N) is 6. The van der Waals surface area contributed by atoms with Crippen molar-refractivity contribution >= 4 is 12.0 Å². The summed E-state index contributed by atoms with van der Waals surface area (Å²) in [5.41, 5.74) is 0.462. The van der Waals surface area contributed by atoms with Crippen molar-refractivity contribution in [3.05, 3.63) is 36.2 Å². The molecule has 2 aliphatic rings. The summed E-state index contributed by atoms with van der Waals surface area (Å²) < 4.78 is 1.76. The molecule has 1 saturated carbocycles. The lowest BCUT2D eigenvalue weighted by molar-refractivity contribution is 0.0550. The van der Waals surface area contributed by atoms with Crippen LogP contribution in [-0.2, 0) is 0 Å². The Kier molecular flexibility index (Phi) is 4.51. The van der Waals surface area contributed by atoms with Gasteiger partial charge in [0.05, 0.1) is 5.56 Å². The van der Waals surface area contributed by atoms with Crippen molar-refractivity contribution in [2.75, 3.05) is 13.1 Å². The third kappa shape index (κ3) is 3.49. The Morgan fingerprint density at radius 3 is 2.22 bits per heavy atom. The highest BCUT2D eigenvalue weighted by molar-refractivity contribution is 5.94. The van der Waals surface area contributed by atoms with Gasteiger partial charge in [0.2, 0.25) is 5.95 Å². The van der Waals surface area contributed by atoms with Crippen molar-refractivity contribution in [2.45, 2.75) is 44.7 Å². The molecule has 2 aromatic rings. The number of hydrogen-bond acceptors (Lipinski definition) is 5. The fraction of sp³-hybridized carbons (Fsp3) is 0.500. The van der Waals surface area contributed by atoms with Crippen LogP contribution in [0.1, 0.15) is 41.9 Å². The summed E-state index contributed by atoms with van der Waals surface area (Å²) in [6.45, 7) is 2.79. The zero-order valence-corrected chi connectivity index (χ0v) is 15.2. The minimum Gasteiger partial charge on any atom is -0.465 e. The van der Waals surface area contributed by atoms with Crippen molar-refractivity contribution < 1.29 is 14.7 Å². The van der Waals surface area contributed by atoms with Crippen LogP contribution in [0.25, 0.3) is 5.95 Å². The minimum atomic E-state index is -0.892. The van der Waals surface area contributed by atoms with E-state index in [1.165, 1.54) is 4.90 Å². The number of hydrogen-bond donors (Lipinski definition) is 1. The number of imidazole rings is 1. The lowest BCUT2D eigenvalue weighted by Crippen LogP contribution is -2.49. The molecule has 0 aromatic carbocycles. The summed E-state index contributed by atoms with van der Waals surface area (Å²) in [6.07, 6.45) is 9.02. The Morgan fingerprint density at radius 2 is 1.70 bits per heavy atom. The van der Waals surface area contributed by atoms with Crippen LogP contribution in [0.2, 0.25) is 0 Å². The van der Waals surface area contributed by atoms with Crippen molar-refractivity contribution in [2.24, 2.45) is 0 Å². The van der Waals surface area contributed by atoms with Gasteiger partial charge in [0.15, 0.2) is 0 Å². The maximum atomic E-state index is 13.1. The summed E-state index contributed by atoms with van der Waals surface area (Å²) >= 11 is 0. The molecule has 1 N–H and O–H groups in total. The predicted molar refractivity (Wildman–Crippen MR) is 95.7 cm³/mol. The fourth-order valence-corrected chi connectivity index (χ4v) is 3.61. The molecule has 9 nitrogen and oxygen atoms in total. The second-order valence-electron chi connectivity index (χ2n) is 7.06. The highest BCUT2D eigenvalue weighted by Gasteiger charge is 2.39. The van der Waals surface area contributed by atoms with E-state index in [0.29, 0.717) is 37.4 Å². The third-order valence-electron chi connectivity index (χ3n) is 5.23. The van der Waals surface area contributed by atoms with Gasteiger partial charge in [-0.2, -0.15) is 0 Å². The zero-order chi connectivity index (χ0) is 19.0. The van der Waals surface area contributed by atoms with Gasteiger partial charge in [0, 0.05) is 50.0 Å². The van der Waals surface area contributed by atoms with Gasteiger partial charge in [-0.05, 0) is 32.6 Å². The second kappa shape index (κ2) is 6.98. The standard InChI is InChI=1S/C18H22N6O3/c1-12-19-6-9-23(12)17-20-10-13(11-21-17)16(25)24(14-2-3-14)15-4-7-22(8-5-15)18(26)27/h6,9-11,14-15H,2-5,7-8H2,1H3,(H,26,27). The van der Waals surface area contributed by atoms with E-state index >= 15 is 0 Å². The summed E-state index contributed by atoms with van der Waals surface area (Å²) in [5.74, 6) is 1.19. The SMILES string of the molecule is Cc1nccn1-c1ncc(C(=O)N(C2CC2)C2CCN(C(=O)O)CC2)cn1. The van der Waals surface area contributed by atoms with Crippen LogP contribution in [0.5, 0.6) is 0 Å². The predicted octanol–water partition coefficient (Wildman–Crippen LogP) is 1.72. The maximum absolute atomic E-state index is 13.1. The van der Waals surface area contributed by atoms with Crippen LogP contribution in [0.15, 0.2) is 24.8 Å². The van der Waals surface area contributed by atoms with Crippen LogP contribution in [0.4, 0.5) is 4.79 Å². The van der Waals surface area contributed by atoms with Crippen LogP contribution in [-0.4, -0.2) is 71.6 Å². The molecule has 9 heteroatoms. The van der Waals surface area contributed by atoms with Gasteiger partial charge in [0.25, 0.3) is 5.91 Å². The molecule has 27 heavy (non-hydrogen) atoms. The largest absolute Gasteiger partial charge is 0.465 e. The molecular weight excluding hydrogens is 348 g/mol. The summed E-state index contributed by atoms with van der Waals surface area (Å²) in [7, 11) is 0. The molecule has 1 aliphatic carbocycles. The molecule has 0 unspecified atom stereocenters. The van der Waals surface area contributed by atoms with Gasteiger partial charge in [-0.25, -0.2) is 19.7 Å². The zero-order valence-electron chi connectivity index (χ0n) is 15.2. The van der Waals surface area contributed by atoms with Gasteiger partial charge in [-0.3, -0.25) is 9.36 Å². The molecule has 0 bridgehead atoms. The molecule has 4 rings (SSSR count). The van der Waals surface area contributed by atoms with Crippen molar-refractivity contribution in [3.8, 4) is 5.95 Å². The lowest BCUT2D eigenvalue weighted by Gasteiger charge is -2.37. The number of likely N-dealkylation sites (tertiary alicyclic amines) is 1. The van der Waals surface area contributed by atoms with E-state index in [1.54, 1.807) is 29.4 Å². The van der Waals surface area contributed by atoms with E-state index in [1.807, 2.05) is 11.8 Å². The molecule has 3 heterocycles. The number of amides is 2. The molecule has 1 saturated heterocycles.